The maximum absolute atomic E-state index is 5.53. The van der Waals surface area contributed by atoms with E-state index < -0.39 is 0 Å². The summed E-state index contributed by atoms with van der Waals surface area (Å²) in [5.41, 5.74) is 5.37. The molecule has 0 fully saturated rings. The molecule has 0 amide bonds. The molecule has 2 aromatic heterocycles. The van der Waals surface area contributed by atoms with Crippen molar-refractivity contribution in [3.05, 3.63) is 38.7 Å². The molecule has 3 rings (SSSR count). The van der Waals surface area contributed by atoms with E-state index in [0.29, 0.717) is 4.77 Å². The number of rotatable bonds is 3. The van der Waals surface area contributed by atoms with E-state index in [9.17, 15) is 0 Å². The summed E-state index contributed by atoms with van der Waals surface area (Å²) in [5.74, 6) is 0. The van der Waals surface area contributed by atoms with Crippen molar-refractivity contribution in [2.75, 3.05) is 0 Å². The van der Waals surface area contributed by atoms with Gasteiger partial charge in [0, 0.05) is 11.5 Å². The Morgan fingerprint density at radius 3 is 2.76 bits per heavy atom. The Labute approximate surface area is 136 Å². The average molecular weight is 365 g/mol. The molecule has 110 valence electrons. The van der Waals surface area contributed by atoms with Crippen LogP contribution < -0.4 is 0 Å². The number of hydrogen-bond donors (Lipinski definition) is 1. The van der Waals surface area contributed by atoms with Gasteiger partial charge in [0.15, 0.2) is 10.4 Å². The van der Waals surface area contributed by atoms with E-state index >= 15 is 0 Å². The highest BCUT2D eigenvalue weighted by Crippen LogP contribution is 2.25. The molecule has 0 aliphatic carbocycles. The summed E-state index contributed by atoms with van der Waals surface area (Å²) in [6, 6.07) is 6.28. The van der Waals surface area contributed by atoms with Crippen molar-refractivity contribution in [2.24, 2.45) is 7.05 Å². The van der Waals surface area contributed by atoms with Gasteiger partial charge in [-0.05, 0) is 49.3 Å². The minimum atomic E-state index is 0.702. The number of aromatic nitrogens is 4. The number of imidazole rings is 1. The molecule has 6 heteroatoms. The van der Waals surface area contributed by atoms with E-state index in [4.69, 9.17) is 12.2 Å². The first kappa shape index (κ1) is 14.5. The zero-order valence-corrected chi connectivity index (χ0v) is 14.7. The summed E-state index contributed by atoms with van der Waals surface area (Å²) in [6.45, 7) is 4.23. The predicted octanol–water partition coefficient (Wildman–Crippen LogP) is 4.45. The Hall–Kier alpha value is -1.40. The summed E-state index contributed by atoms with van der Waals surface area (Å²) in [7, 11) is 1.96. The summed E-state index contributed by atoms with van der Waals surface area (Å²) >= 11 is 9.09. The van der Waals surface area contributed by atoms with Crippen LogP contribution in [-0.2, 0) is 13.5 Å². The third kappa shape index (κ3) is 2.46. The molecule has 0 saturated heterocycles. The van der Waals surface area contributed by atoms with Crippen LogP contribution in [-0.4, -0.2) is 19.3 Å². The standard InChI is InChI=1S/C15H17BrN4S/c1-4-5-12-13-14(19(3)18-12)20(15(21)17-13)11-7-9(2)6-10(16)8-11/h6-8H,4-5H2,1-3H3,(H,17,21). The Morgan fingerprint density at radius 2 is 2.10 bits per heavy atom. The van der Waals surface area contributed by atoms with E-state index in [2.05, 4.69) is 62.6 Å². The summed E-state index contributed by atoms with van der Waals surface area (Å²) in [4.78, 5) is 3.32. The van der Waals surface area contributed by atoms with Crippen LogP contribution in [0.1, 0.15) is 24.6 Å². The van der Waals surface area contributed by atoms with Crippen molar-refractivity contribution >= 4 is 39.3 Å². The lowest BCUT2D eigenvalue weighted by Gasteiger charge is -2.07. The number of aryl methyl sites for hydroxylation is 3. The van der Waals surface area contributed by atoms with E-state index in [1.807, 2.05) is 11.7 Å². The number of fused-ring (bicyclic) bond motifs is 1. The van der Waals surface area contributed by atoms with Gasteiger partial charge in [-0.2, -0.15) is 5.10 Å². The number of H-pyrrole nitrogens is 1. The highest BCUT2D eigenvalue weighted by atomic mass is 79.9. The van der Waals surface area contributed by atoms with Gasteiger partial charge in [-0.15, -0.1) is 0 Å². The molecule has 3 aromatic rings. The van der Waals surface area contributed by atoms with Crippen LogP contribution in [0.2, 0.25) is 0 Å². The molecule has 0 spiro atoms. The molecule has 0 aliphatic heterocycles. The van der Waals surface area contributed by atoms with E-state index in [1.54, 1.807) is 0 Å². The van der Waals surface area contributed by atoms with Crippen LogP contribution >= 0.6 is 28.1 Å². The molecule has 0 bridgehead atoms. The molecule has 1 aromatic carbocycles. The molecule has 0 saturated carbocycles. The number of aromatic amines is 1. The Morgan fingerprint density at radius 1 is 1.33 bits per heavy atom. The molecule has 0 radical (unpaired) electrons. The zero-order chi connectivity index (χ0) is 15.1. The maximum atomic E-state index is 5.53. The topological polar surface area (TPSA) is 38.5 Å². The zero-order valence-electron chi connectivity index (χ0n) is 12.3. The van der Waals surface area contributed by atoms with Crippen LogP contribution in [0.25, 0.3) is 16.9 Å². The van der Waals surface area contributed by atoms with Crippen LogP contribution in [0.3, 0.4) is 0 Å². The molecule has 0 atom stereocenters. The fraction of sp³-hybridized carbons (Fsp3) is 0.333. The van der Waals surface area contributed by atoms with Gasteiger partial charge in [0.2, 0.25) is 0 Å². The van der Waals surface area contributed by atoms with Gasteiger partial charge in [-0.25, -0.2) is 4.68 Å². The van der Waals surface area contributed by atoms with Crippen molar-refractivity contribution in [2.45, 2.75) is 26.7 Å². The molecule has 4 nitrogen and oxygen atoms in total. The van der Waals surface area contributed by atoms with Crippen molar-refractivity contribution in [1.82, 2.24) is 19.3 Å². The summed E-state index contributed by atoms with van der Waals surface area (Å²) in [6.07, 6.45) is 2.01. The van der Waals surface area contributed by atoms with Crippen LogP contribution in [0.4, 0.5) is 0 Å². The second-order valence-corrected chi connectivity index (χ2v) is 6.57. The predicted molar refractivity (Wildman–Crippen MR) is 91.7 cm³/mol. The Bertz CT molecular complexity index is 852. The fourth-order valence-electron chi connectivity index (χ4n) is 2.71. The monoisotopic (exact) mass is 364 g/mol. The van der Waals surface area contributed by atoms with Gasteiger partial charge in [0.25, 0.3) is 0 Å². The largest absolute Gasteiger partial charge is 0.327 e. The van der Waals surface area contributed by atoms with Crippen LogP contribution in [0, 0.1) is 11.7 Å². The average Bonchev–Trinajstić information content (AvgIpc) is 2.87. The summed E-state index contributed by atoms with van der Waals surface area (Å²) in [5, 5.41) is 4.62. The molecule has 0 unspecified atom stereocenters. The minimum Gasteiger partial charge on any atom is -0.327 e. The number of benzene rings is 1. The molecule has 0 aliphatic rings. The smallest absolute Gasteiger partial charge is 0.184 e. The van der Waals surface area contributed by atoms with E-state index in [0.717, 1.165) is 39.9 Å². The van der Waals surface area contributed by atoms with Gasteiger partial charge < -0.3 is 4.98 Å². The first-order chi connectivity index (χ1) is 10.0. The van der Waals surface area contributed by atoms with Gasteiger partial charge in [0.05, 0.1) is 11.4 Å². The second kappa shape index (κ2) is 5.42. The summed E-state index contributed by atoms with van der Waals surface area (Å²) < 4.78 is 5.70. The highest BCUT2D eigenvalue weighted by Gasteiger charge is 2.16. The lowest BCUT2D eigenvalue weighted by molar-refractivity contribution is 0.735. The number of halogens is 1. The van der Waals surface area contributed by atoms with E-state index in [1.165, 1.54) is 5.56 Å². The first-order valence-corrected chi connectivity index (χ1v) is 8.15. The third-order valence-corrected chi connectivity index (χ3v) is 4.25. The van der Waals surface area contributed by atoms with Crippen molar-refractivity contribution in [3.63, 3.8) is 0 Å². The molecule has 21 heavy (non-hydrogen) atoms. The maximum Gasteiger partial charge on any atom is 0.184 e. The SMILES string of the molecule is CCCc1nn(C)c2c1[nH]c(=S)n2-c1cc(C)cc(Br)c1. The van der Waals surface area contributed by atoms with Gasteiger partial charge >= 0.3 is 0 Å². The van der Waals surface area contributed by atoms with Crippen LogP contribution in [0.5, 0.6) is 0 Å². The quantitative estimate of drug-likeness (QED) is 0.697. The number of nitrogens with one attached hydrogen (secondary N) is 1. The van der Waals surface area contributed by atoms with E-state index in [-0.39, 0.29) is 0 Å². The Kier molecular flexibility index (Phi) is 3.75. The molecular formula is C15H17BrN4S. The van der Waals surface area contributed by atoms with Crippen molar-refractivity contribution in [3.8, 4) is 5.69 Å². The Balaban J connectivity index is 2.32. The first-order valence-electron chi connectivity index (χ1n) is 6.95. The lowest BCUT2D eigenvalue weighted by Crippen LogP contribution is -2.01. The molecular weight excluding hydrogens is 348 g/mol. The van der Waals surface area contributed by atoms with Gasteiger partial charge in [0.1, 0.15) is 5.52 Å². The van der Waals surface area contributed by atoms with Crippen LogP contribution in [0.15, 0.2) is 22.7 Å². The highest BCUT2D eigenvalue weighted by molar-refractivity contribution is 9.10. The number of hydrogen-bond acceptors (Lipinski definition) is 2. The third-order valence-electron chi connectivity index (χ3n) is 3.51. The minimum absolute atomic E-state index is 0.702. The van der Waals surface area contributed by atoms with Crippen molar-refractivity contribution in [1.29, 1.82) is 0 Å². The fourth-order valence-corrected chi connectivity index (χ4v) is 3.60. The normalized spacial score (nSPS) is 11.4. The molecule has 1 N–H and O–H groups in total. The van der Waals surface area contributed by atoms with Gasteiger partial charge in [-0.3, -0.25) is 4.57 Å². The second-order valence-electron chi connectivity index (χ2n) is 5.27. The molecule has 2 heterocycles. The van der Waals surface area contributed by atoms with Crippen molar-refractivity contribution < 1.29 is 0 Å². The lowest BCUT2D eigenvalue weighted by atomic mass is 10.2. The number of nitrogens with zero attached hydrogens (tertiary/aromatic N) is 3. The van der Waals surface area contributed by atoms with Gasteiger partial charge in [-0.1, -0.05) is 29.3 Å².